The largest absolute Gasteiger partial charge is 0.504 e. The van der Waals surface area contributed by atoms with Gasteiger partial charge in [-0.25, -0.2) is 4.98 Å². The number of para-hydroxylation sites is 2. The highest BCUT2D eigenvalue weighted by atomic mass is 16.5. The number of nitrogens with zero attached hydrogens (tertiary/aromatic N) is 2. The van der Waals surface area contributed by atoms with Crippen LogP contribution in [0.5, 0.6) is 17.2 Å². The van der Waals surface area contributed by atoms with E-state index in [0.717, 1.165) is 16.6 Å². The summed E-state index contributed by atoms with van der Waals surface area (Å²) in [5.74, 6) is 1.44. The van der Waals surface area contributed by atoms with Gasteiger partial charge in [-0.3, -0.25) is 9.36 Å². The molecule has 0 radical (unpaired) electrons. The second-order valence-electron chi connectivity index (χ2n) is 7.97. The van der Waals surface area contributed by atoms with Crippen LogP contribution in [-0.4, -0.2) is 34.8 Å². The fraction of sp³-hybridized carbons (Fsp3) is 0.154. The Morgan fingerprint density at radius 2 is 1.82 bits per heavy atom. The van der Waals surface area contributed by atoms with Crippen LogP contribution < -0.4 is 20.1 Å². The summed E-state index contributed by atoms with van der Waals surface area (Å²) in [6.07, 6.45) is 0. The molecule has 2 heterocycles. The van der Waals surface area contributed by atoms with Gasteiger partial charge < -0.3 is 25.2 Å². The number of amides is 1. The number of aromatic hydroxyl groups is 1. The van der Waals surface area contributed by atoms with Crippen molar-refractivity contribution < 1.29 is 19.4 Å². The summed E-state index contributed by atoms with van der Waals surface area (Å²) in [6, 6.07) is 19.5. The molecule has 5 rings (SSSR count). The molecule has 1 aliphatic heterocycles. The molecule has 0 aliphatic carbocycles. The molecule has 1 unspecified atom stereocenters. The zero-order chi connectivity index (χ0) is 23.8. The van der Waals surface area contributed by atoms with Crippen molar-refractivity contribution in [3.05, 3.63) is 83.6 Å². The standard InChI is InChI=1S/C26H24N4O4/c1-15-23(25(32)28-17-9-11-18(33-2)12-10-17)24(16-8-13-21(31)22(14-16)34-3)30-20-7-5-4-6-19(20)29-26(30)27-15/h4-14,24,31H,1-3H3,(H,27,29)(H,28,32). The maximum absolute atomic E-state index is 13.7. The molecule has 8 nitrogen and oxygen atoms in total. The normalized spacial score (nSPS) is 15.0. The van der Waals surface area contributed by atoms with E-state index in [1.165, 1.54) is 7.11 Å². The number of imidazole rings is 1. The second-order valence-corrected chi connectivity index (χ2v) is 7.97. The Morgan fingerprint density at radius 3 is 2.56 bits per heavy atom. The van der Waals surface area contributed by atoms with Crippen molar-refractivity contribution in [1.82, 2.24) is 9.55 Å². The lowest BCUT2D eigenvalue weighted by atomic mass is 9.94. The minimum Gasteiger partial charge on any atom is -0.504 e. The van der Waals surface area contributed by atoms with Crippen LogP contribution in [0.4, 0.5) is 11.6 Å². The Hall–Kier alpha value is -4.46. The molecule has 34 heavy (non-hydrogen) atoms. The SMILES string of the molecule is COc1ccc(NC(=O)C2=C(C)Nc3nc4ccccc4n3C2c2ccc(O)c(OC)c2)cc1. The first-order chi connectivity index (χ1) is 16.5. The summed E-state index contributed by atoms with van der Waals surface area (Å²) in [5.41, 5.74) is 4.33. The van der Waals surface area contributed by atoms with Crippen LogP contribution in [-0.2, 0) is 4.79 Å². The molecule has 8 heteroatoms. The second kappa shape index (κ2) is 8.47. The van der Waals surface area contributed by atoms with Gasteiger partial charge in [0.05, 0.1) is 36.9 Å². The number of nitrogens with one attached hydrogen (secondary N) is 2. The molecule has 0 saturated carbocycles. The number of aromatic nitrogens is 2. The average Bonchev–Trinajstić information content (AvgIpc) is 3.21. The molecule has 0 spiro atoms. The van der Waals surface area contributed by atoms with Crippen LogP contribution in [0.1, 0.15) is 18.5 Å². The minimum atomic E-state index is -0.503. The highest BCUT2D eigenvalue weighted by Gasteiger charge is 2.34. The average molecular weight is 457 g/mol. The van der Waals surface area contributed by atoms with E-state index in [-0.39, 0.29) is 11.7 Å². The first-order valence-electron chi connectivity index (χ1n) is 10.8. The Labute approximate surface area is 196 Å². The van der Waals surface area contributed by atoms with Crippen LogP contribution in [0, 0.1) is 0 Å². The monoisotopic (exact) mass is 456 g/mol. The van der Waals surface area contributed by atoms with E-state index in [0.29, 0.717) is 34.4 Å². The Bertz CT molecular complexity index is 1420. The topological polar surface area (TPSA) is 97.6 Å². The number of allylic oxidation sites excluding steroid dienone is 1. The zero-order valence-corrected chi connectivity index (χ0v) is 19.0. The molecule has 1 amide bonds. The lowest BCUT2D eigenvalue weighted by Gasteiger charge is -2.31. The molecule has 0 bridgehead atoms. The van der Waals surface area contributed by atoms with Crippen molar-refractivity contribution in [3.8, 4) is 17.2 Å². The Kier molecular flexibility index (Phi) is 5.33. The molecular weight excluding hydrogens is 432 g/mol. The van der Waals surface area contributed by atoms with Gasteiger partial charge in [0.1, 0.15) is 5.75 Å². The molecule has 1 atom stereocenters. The number of rotatable bonds is 5. The number of carbonyl (C=O) groups excluding carboxylic acids is 1. The summed E-state index contributed by atoms with van der Waals surface area (Å²) < 4.78 is 12.6. The first kappa shape index (κ1) is 21.4. The number of methoxy groups -OCH3 is 2. The third-order valence-corrected chi connectivity index (χ3v) is 5.94. The number of carbonyl (C=O) groups is 1. The van der Waals surface area contributed by atoms with E-state index in [1.807, 2.05) is 35.8 Å². The van der Waals surface area contributed by atoms with Gasteiger partial charge in [-0.1, -0.05) is 18.2 Å². The summed E-state index contributed by atoms with van der Waals surface area (Å²) >= 11 is 0. The van der Waals surface area contributed by atoms with Crippen LogP contribution in [0.15, 0.2) is 78.0 Å². The van der Waals surface area contributed by atoms with E-state index >= 15 is 0 Å². The fourth-order valence-corrected chi connectivity index (χ4v) is 4.31. The number of benzene rings is 3. The predicted octanol–water partition coefficient (Wildman–Crippen LogP) is 4.69. The maximum Gasteiger partial charge on any atom is 0.255 e. The van der Waals surface area contributed by atoms with E-state index in [1.54, 1.807) is 49.6 Å². The number of hydrogen-bond acceptors (Lipinski definition) is 6. The highest BCUT2D eigenvalue weighted by molar-refractivity contribution is 6.06. The van der Waals surface area contributed by atoms with Gasteiger partial charge in [0.25, 0.3) is 5.91 Å². The van der Waals surface area contributed by atoms with E-state index in [2.05, 4.69) is 10.6 Å². The van der Waals surface area contributed by atoms with Crippen LogP contribution in [0.3, 0.4) is 0 Å². The highest BCUT2D eigenvalue weighted by Crippen LogP contribution is 2.41. The summed E-state index contributed by atoms with van der Waals surface area (Å²) in [5, 5.41) is 16.5. The number of hydrogen-bond donors (Lipinski definition) is 3. The summed E-state index contributed by atoms with van der Waals surface area (Å²) in [6.45, 7) is 1.86. The van der Waals surface area contributed by atoms with Gasteiger partial charge in [-0.05, 0) is 61.0 Å². The van der Waals surface area contributed by atoms with Gasteiger partial charge in [-0.2, -0.15) is 0 Å². The quantitative estimate of drug-likeness (QED) is 0.403. The fourth-order valence-electron chi connectivity index (χ4n) is 4.31. The van der Waals surface area contributed by atoms with Crippen molar-refractivity contribution in [3.63, 3.8) is 0 Å². The maximum atomic E-state index is 13.7. The van der Waals surface area contributed by atoms with Crippen molar-refractivity contribution in [2.24, 2.45) is 0 Å². The van der Waals surface area contributed by atoms with Crippen molar-refractivity contribution in [2.75, 3.05) is 24.9 Å². The van der Waals surface area contributed by atoms with E-state index in [9.17, 15) is 9.90 Å². The molecule has 172 valence electrons. The first-order valence-corrected chi connectivity index (χ1v) is 10.8. The predicted molar refractivity (Wildman–Crippen MR) is 130 cm³/mol. The van der Waals surface area contributed by atoms with Gasteiger partial charge in [0.2, 0.25) is 5.95 Å². The summed E-state index contributed by atoms with van der Waals surface area (Å²) in [7, 11) is 3.09. The Balaban J connectivity index is 1.64. The molecule has 4 aromatic rings. The van der Waals surface area contributed by atoms with E-state index in [4.69, 9.17) is 14.5 Å². The smallest absolute Gasteiger partial charge is 0.255 e. The van der Waals surface area contributed by atoms with Crippen molar-refractivity contribution >= 4 is 28.6 Å². The molecule has 1 aliphatic rings. The molecule has 1 aromatic heterocycles. The third-order valence-electron chi connectivity index (χ3n) is 5.94. The van der Waals surface area contributed by atoms with Gasteiger partial charge >= 0.3 is 0 Å². The number of fused-ring (bicyclic) bond motifs is 3. The van der Waals surface area contributed by atoms with Crippen LogP contribution >= 0.6 is 0 Å². The van der Waals surface area contributed by atoms with Crippen molar-refractivity contribution in [2.45, 2.75) is 13.0 Å². The molecule has 3 aromatic carbocycles. The minimum absolute atomic E-state index is 0.0285. The zero-order valence-electron chi connectivity index (χ0n) is 19.0. The number of phenolic OH excluding ortho intramolecular Hbond substituents is 1. The van der Waals surface area contributed by atoms with E-state index < -0.39 is 6.04 Å². The number of anilines is 2. The van der Waals surface area contributed by atoms with Crippen molar-refractivity contribution in [1.29, 1.82) is 0 Å². The number of ether oxygens (including phenoxy) is 2. The Morgan fingerprint density at radius 1 is 1.06 bits per heavy atom. The summed E-state index contributed by atoms with van der Waals surface area (Å²) in [4.78, 5) is 18.4. The van der Waals surface area contributed by atoms with Crippen LogP contribution in [0.25, 0.3) is 11.0 Å². The molecular formula is C26H24N4O4. The lowest BCUT2D eigenvalue weighted by molar-refractivity contribution is -0.113. The molecule has 3 N–H and O–H groups in total. The number of phenols is 1. The molecule has 0 saturated heterocycles. The van der Waals surface area contributed by atoms with Gasteiger partial charge in [0.15, 0.2) is 11.5 Å². The van der Waals surface area contributed by atoms with Gasteiger partial charge in [-0.15, -0.1) is 0 Å². The third kappa shape index (κ3) is 3.59. The van der Waals surface area contributed by atoms with Crippen LogP contribution in [0.2, 0.25) is 0 Å². The lowest BCUT2D eigenvalue weighted by Crippen LogP contribution is -2.30. The van der Waals surface area contributed by atoms with Gasteiger partial charge in [0, 0.05) is 11.4 Å². The molecule has 0 fully saturated rings.